The summed E-state index contributed by atoms with van der Waals surface area (Å²) in [6.45, 7) is 6.20. The second-order valence-corrected chi connectivity index (χ2v) is 5.93. The Hall–Kier alpha value is -0.800. The van der Waals surface area contributed by atoms with E-state index < -0.39 is 0 Å². The first-order chi connectivity index (χ1) is 9.76. The van der Waals surface area contributed by atoms with Crippen molar-refractivity contribution in [2.75, 3.05) is 6.54 Å². The number of hydrogen-bond donors (Lipinski definition) is 1. The minimum absolute atomic E-state index is 0.283. The summed E-state index contributed by atoms with van der Waals surface area (Å²) in [6.07, 6.45) is 11.5. The molecule has 1 heterocycles. The number of allylic oxidation sites excluding steroid dienone is 1. The van der Waals surface area contributed by atoms with Gasteiger partial charge in [-0.3, -0.25) is 4.68 Å². The van der Waals surface area contributed by atoms with Crippen molar-refractivity contribution in [3.63, 3.8) is 0 Å². The molecule has 1 aliphatic rings. The quantitative estimate of drug-likeness (QED) is 0.751. The van der Waals surface area contributed by atoms with Crippen LogP contribution in [0.5, 0.6) is 0 Å². The van der Waals surface area contributed by atoms with Crippen LogP contribution in [0, 0.1) is 0 Å². The third kappa shape index (κ3) is 3.86. The Labute approximate surface area is 127 Å². The molecule has 0 aliphatic heterocycles. The van der Waals surface area contributed by atoms with Crippen molar-refractivity contribution in [1.29, 1.82) is 0 Å². The number of halogens is 1. The highest BCUT2D eigenvalue weighted by atomic mass is 35.5. The zero-order valence-electron chi connectivity index (χ0n) is 12.7. The molecule has 112 valence electrons. The van der Waals surface area contributed by atoms with E-state index in [1.807, 2.05) is 0 Å². The van der Waals surface area contributed by atoms with Gasteiger partial charge in [0.15, 0.2) is 0 Å². The summed E-state index contributed by atoms with van der Waals surface area (Å²) < 4.78 is 2.07. The number of nitrogens with zero attached hydrogens (tertiary/aromatic N) is 2. The van der Waals surface area contributed by atoms with Crippen molar-refractivity contribution in [1.82, 2.24) is 15.1 Å². The number of nitrogens with one attached hydrogen (secondary N) is 1. The van der Waals surface area contributed by atoms with E-state index in [1.54, 1.807) is 11.8 Å². The molecule has 1 atom stereocenters. The van der Waals surface area contributed by atoms with Crippen molar-refractivity contribution in [2.45, 2.75) is 65.0 Å². The number of rotatable bonds is 7. The predicted octanol–water partition coefficient (Wildman–Crippen LogP) is 4.49. The molecule has 0 radical (unpaired) electrons. The lowest BCUT2D eigenvalue weighted by atomic mass is 9.93. The fraction of sp³-hybridized carbons (Fsp3) is 0.688. The van der Waals surface area contributed by atoms with Crippen LogP contribution in [0.2, 0.25) is 5.02 Å². The first-order valence-corrected chi connectivity index (χ1v) is 8.26. The van der Waals surface area contributed by atoms with Gasteiger partial charge in [-0.05, 0) is 45.1 Å². The average Bonchev–Trinajstić information content (AvgIpc) is 2.81. The van der Waals surface area contributed by atoms with Gasteiger partial charge >= 0.3 is 0 Å². The molecule has 20 heavy (non-hydrogen) atoms. The molecule has 3 nitrogen and oxygen atoms in total. The molecule has 1 aromatic rings. The molecule has 0 aromatic carbocycles. The van der Waals surface area contributed by atoms with Crippen LogP contribution in [0.3, 0.4) is 0 Å². The van der Waals surface area contributed by atoms with Gasteiger partial charge in [-0.15, -0.1) is 0 Å². The molecule has 1 N–H and O–H groups in total. The minimum atomic E-state index is 0.283. The molecular formula is C16H26ClN3. The normalized spacial score (nSPS) is 17.1. The van der Waals surface area contributed by atoms with Crippen LogP contribution in [-0.4, -0.2) is 16.3 Å². The molecule has 4 heteroatoms. The Balaban J connectivity index is 2.18. The largest absolute Gasteiger partial charge is 0.309 e. The van der Waals surface area contributed by atoms with Crippen molar-refractivity contribution in [3.05, 3.63) is 28.6 Å². The molecule has 0 saturated heterocycles. The van der Waals surface area contributed by atoms with Crippen LogP contribution in [-0.2, 0) is 6.54 Å². The smallest absolute Gasteiger partial charge is 0.0834 e. The molecule has 2 rings (SSSR count). The molecule has 0 fully saturated rings. The molecule has 0 amide bonds. The van der Waals surface area contributed by atoms with Gasteiger partial charge < -0.3 is 5.32 Å². The third-order valence-electron chi connectivity index (χ3n) is 3.90. The summed E-state index contributed by atoms with van der Waals surface area (Å²) >= 11 is 6.39. The van der Waals surface area contributed by atoms with E-state index in [-0.39, 0.29) is 6.04 Å². The second-order valence-electron chi connectivity index (χ2n) is 5.52. The number of hydrogen-bond acceptors (Lipinski definition) is 2. The van der Waals surface area contributed by atoms with Gasteiger partial charge in [0, 0.05) is 6.54 Å². The van der Waals surface area contributed by atoms with Gasteiger partial charge in [0.2, 0.25) is 0 Å². The standard InChI is InChI=1S/C16H26ClN3/c1-3-10-20-16(14(17)12-19-20)15(18-4-2)11-13-8-6-5-7-9-13/h8,12,15,18H,3-7,9-11H2,1-2H3. The van der Waals surface area contributed by atoms with Crippen molar-refractivity contribution >= 4 is 11.6 Å². The SMILES string of the molecule is CCCn1ncc(Cl)c1C(CC1=CCCCC1)NCC. The summed E-state index contributed by atoms with van der Waals surface area (Å²) in [4.78, 5) is 0. The zero-order valence-corrected chi connectivity index (χ0v) is 13.4. The Morgan fingerprint density at radius 2 is 2.25 bits per heavy atom. The molecular weight excluding hydrogens is 270 g/mol. The van der Waals surface area contributed by atoms with Crippen LogP contribution in [0.25, 0.3) is 0 Å². The van der Waals surface area contributed by atoms with Gasteiger partial charge in [-0.25, -0.2) is 0 Å². The Kier molecular flexibility index (Phi) is 6.11. The molecule has 1 aromatic heterocycles. The van der Waals surface area contributed by atoms with E-state index in [2.05, 4.69) is 35.0 Å². The zero-order chi connectivity index (χ0) is 14.4. The maximum Gasteiger partial charge on any atom is 0.0834 e. The molecule has 1 unspecified atom stereocenters. The van der Waals surface area contributed by atoms with Gasteiger partial charge in [0.25, 0.3) is 0 Å². The summed E-state index contributed by atoms with van der Waals surface area (Å²) in [5.74, 6) is 0. The molecule has 0 saturated carbocycles. The van der Waals surface area contributed by atoms with Crippen LogP contribution in [0.15, 0.2) is 17.8 Å². The minimum Gasteiger partial charge on any atom is -0.309 e. The Morgan fingerprint density at radius 1 is 1.40 bits per heavy atom. The maximum absolute atomic E-state index is 6.39. The topological polar surface area (TPSA) is 29.9 Å². The molecule has 0 spiro atoms. The van der Waals surface area contributed by atoms with Crippen LogP contribution >= 0.6 is 11.6 Å². The molecule has 1 aliphatic carbocycles. The lowest BCUT2D eigenvalue weighted by molar-refractivity contribution is 0.468. The van der Waals surface area contributed by atoms with Gasteiger partial charge in [-0.2, -0.15) is 5.10 Å². The van der Waals surface area contributed by atoms with Gasteiger partial charge in [-0.1, -0.05) is 37.1 Å². The number of aryl methyl sites for hydroxylation is 1. The average molecular weight is 296 g/mol. The van der Waals surface area contributed by atoms with E-state index >= 15 is 0 Å². The number of aromatic nitrogens is 2. The predicted molar refractivity (Wildman–Crippen MR) is 85.1 cm³/mol. The summed E-state index contributed by atoms with van der Waals surface area (Å²) in [6, 6.07) is 0.283. The monoisotopic (exact) mass is 295 g/mol. The summed E-state index contributed by atoms with van der Waals surface area (Å²) in [7, 11) is 0. The van der Waals surface area contributed by atoms with E-state index in [0.29, 0.717) is 0 Å². The lowest BCUT2D eigenvalue weighted by Gasteiger charge is -2.23. The highest BCUT2D eigenvalue weighted by Gasteiger charge is 2.21. The molecule has 0 bridgehead atoms. The summed E-state index contributed by atoms with van der Waals surface area (Å²) in [5.41, 5.74) is 2.73. The fourth-order valence-corrected chi connectivity index (χ4v) is 3.25. The Morgan fingerprint density at radius 3 is 2.90 bits per heavy atom. The van der Waals surface area contributed by atoms with E-state index in [9.17, 15) is 0 Å². The van der Waals surface area contributed by atoms with Crippen LogP contribution < -0.4 is 5.32 Å². The van der Waals surface area contributed by atoms with Crippen molar-refractivity contribution in [3.8, 4) is 0 Å². The van der Waals surface area contributed by atoms with Crippen molar-refractivity contribution < 1.29 is 0 Å². The highest BCUT2D eigenvalue weighted by Crippen LogP contribution is 2.31. The van der Waals surface area contributed by atoms with Crippen molar-refractivity contribution in [2.24, 2.45) is 0 Å². The van der Waals surface area contributed by atoms with E-state index in [0.717, 1.165) is 36.6 Å². The lowest BCUT2D eigenvalue weighted by Crippen LogP contribution is -2.25. The fourth-order valence-electron chi connectivity index (χ4n) is 2.97. The highest BCUT2D eigenvalue weighted by molar-refractivity contribution is 6.31. The second kappa shape index (κ2) is 7.84. The first kappa shape index (κ1) is 15.6. The van der Waals surface area contributed by atoms with Gasteiger partial charge in [0.1, 0.15) is 0 Å². The van der Waals surface area contributed by atoms with Crippen LogP contribution in [0.4, 0.5) is 0 Å². The van der Waals surface area contributed by atoms with E-state index in [4.69, 9.17) is 11.6 Å². The summed E-state index contributed by atoms with van der Waals surface area (Å²) in [5, 5.41) is 8.81. The third-order valence-corrected chi connectivity index (χ3v) is 4.19. The maximum atomic E-state index is 6.39. The Bertz CT molecular complexity index is 451. The first-order valence-electron chi connectivity index (χ1n) is 7.88. The van der Waals surface area contributed by atoms with Crippen LogP contribution in [0.1, 0.15) is 64.1 Å². The van der Waals surface area contributed by atoms with E-state index in [1.165, 1.54) is 25.7 Å². The van der Waals surface area contributed by atoms with Gasteiger partial charge in [0.05, 0.1) is 23.0 Å².